The molecule has 1 rings (SSSR count). The molecule has 1 aromatic rings. The van der Waals surface area contributed by atoms with Gasteiger partial charge in [0.15, 0.2) is 6.61 Å². The molecule has 1 atom stereocenters. The second kappa shape index (κ2) is 6.77. The zero-order valence-corrected chi connectivity index (χ0v) is 12.7. The summed E-state index contributed by atoms with van der Waals surface area (Å²) in [5.74, 6) is -1.02. The number of benzene rings is 1. The lowest BCUT2D eigenvalue weighted by atomic mass is 10.3. The van der Waals surface area contributed by atoms with Gasteiger partial charge in [-0.1, -0.05) is 11.6 Å². The maximum atomic E-state index is 11.7. The average molecular weight is 351 g/mol. The number of carboxylic acids is 1. The Balaban J connectivity index is 2.61. The number of rotatable bonds is 5. The molecule has 104 valence electrons. The fraction of sp³-hybridized carbons (Fsp3) is 0.333. The number of hydrogen-bond donors (Lipinski definition) is 1. The molecule has 0 spiro atoms. The maximum absolute atomic E-state index is 11.7. The number of amides is 1. The molecule has 0 fully saturated rings. The first-order chi connectivity index (χ1) is 8.82. The molecule has 0 heterocycles. The van der Waals surface area contributed by atoms with E-state index in [1.54, 1.807) is 18.2 Å². The van der Waals surface area contributed by atoms with E-state index in [0.717, 1.165) is 4.90 Å². The molecule has 1 amide bonds. The Morgan fingerprint density at radius 1 is 1.53 bits per heavy atom. The van der Waals surface area contributed by atoms with Gasteiger partial charge < -0.3 is 14.7 Å². The van der Waals surface area contributed by atoms with Crippen LogP contribution in [0.1, 0.15) is 6.92 Å². The summed E-state index contributed by atoms with van der Waals surface area (Å²) in [6.07, 6.45) is 0. The van der Waals surface area contributed by atoms with Crippen LogP contribution in [0.25, 0.3) is 0 Å². The topological polar surface area (TPSA) is 66.8 Å². The summed E-state index contributed by atoms with van der Waals surface area (Å²) in [6, 6.07) is 4.01. The Hall–Kier alpha value is -1.27. The van der Waals surface area contributed by atoms with Gasteiger partial charge in [-0.2, -0.15) is 0 Å². The lowest BCUT2D eigenvalue weighted by molar-refractivity contribution is -0.148. The highest BCUT2D eigenvalue weighted by molar-refractivity contribution is 9.10. The summed E-state index contributed by atoms with van der Waals surface area (Å²) < 4.78 is 5.94. The highest BCUT2D eigenvalue weighted by Crippen LogP contribution is 2.27. The molecule has 0 saturated carbocycles. The van der Waals surface area contributed by atoms with Gasteiger partial charge in [0.05, 0.1) is 4.47 Å². The summed E-state index contributed by atoms with van der Waals surface area (Å²) in [6.45, 7) is 1.19. The van der Waals surface area contributed by atoms with E-state index in [4.69, 9.17) is 21.4 Å². The minimum Gasteiger partial charge on any atom is -0.483 e. The molecule has 1 N–H and O–H groups in total. The fourth-order valence-electron chi connectivity index (χ4n) is 1.22. The van der Waals surface area contributed by atoms with Crippen LogP contribution in [0.15, 0.2) is 22.7 Å². The molecule has 0 aliphatic carbocycles. The van der Waals surface area contributed by atoms with Gasteiger partial charge in [0.1, 0.15) is 11.8 Å². The van der Waals surface area contributed by atoms with E-state index in [0.29, 0.717) is 15.2 Å². The van der Waals surface area contributed by atoms with Crippen molar-refractivity contribution in [3.63, 3.8) is 0 Å². The first-order valence-electron chi connectivity index (χ1n) is 5.39. The monoisotopic (exact) mass is 349 g/mol. The number of carbonyl (C=O) groups is 2. The third-order valence-corrected chi connectivity index (χ3v) is 3.43. The smallest absolute Gasteiger partial charge is 0.326 e. The Labute approximate surface area is 124 Å². The van der Waals surface area contributed by atoms with Crippen molar-refractivity contribution in [1.29, 1.82) is 0 Å². The zero-order valence-electron chi connectivity index (χ0n) is 10.4. The van der Waals surface area contributed by atoms with Crippen molar-refractivity contribution in [1.82, 2.24) is 4.90 Å². The largest absolute Gasteiger partial charge is 0.483 e. The standard InChI is InChI=1S/C12H13BrClNO4/c1-7(12(17)18)15(2)11(16)6-19-10-4-3-8(14)5-9(10)13/h3-5,7H,6H2,1-2H3,(H,17,18). The third-order valence-electron chi connectivity index (χ3n) is 2.58. The van der Waals surface area contributed by atoms with Crippen LogP contribution in [0.4, 0.5) is 0 Å². The zero-order chi connectivity index (χ0) is 14.6. The second-order valence-corrected chi connectivity index (χ2v) is 5.17. The molecule has 0 radical (unpaired) electrons. The number of likely N-dealkylation sites (N-methyl/N-ethyl adjacent to an activating group) is 1. The van der Waals surface area contributed by atoms with Crippen molar-refractivity contribution in [2.45, 2.75) is 13.0 Å². The molecule has 1 aromatic carbocycles. The molecule has 5 nitrogen and oxygen atoms in total. The van der Waals surface area contributed by atoms with Crippen molar-refractivity contribution < 1.29 is 19.4 Å². The third kappa shape index (κ3) is 4.40. The molecule has 0 saturated heterocycles. The summed E-state index contributed by atoms with van der Waals surface area (Å²) in [5.41, 5.74) is 0. The van der Waals surface area contributed by atoms with E-state index >= 15 is 0 Å². The fourth-order valence-corrected chi connectivity index (χ4v) is 2.01. The molecule has 0 bridgehead atoms. The molecule has 19 heavy (non-hydrogen) atoms. The van der Waals surface area contributed by atoms with Crippen molar-refractivity contribution in [3.8, 4) is 5.75 Å². The van der Waals surface area contributed by atoms with Crippen LogP contribution in [0.5, 0.6) is 5.75 Å². The lowest BCUT2D eigenvalue weighted by Crippen LogP contribution is -2.42. The van der Waals surface area contributed by atoms with Crippen LogP contribution in [-0.2, 0) is 9.59 Å². The molecular weight excluding hydrogens is 337 g/mol. The SMILES string of the molecule is CC(C(=O)O)N(C)C(=O)COc1ccc(Cl)cc1Br. The first kappa shape index (κ1) is 15.8. The minimum absolute atomic E-state index is 0.242. The van der Waals surface area contributed by atoms with E-state index in [1.807, 2.05) is 0 Å². The van der Waals surface area contributed by atoms with E-state index < -0.39 is 17.9 Å². The van der Waals surface area contributed by atoms with Gasteiger partial charge in [-0.3, -0.25) is 4.79 Å². The molecule has 1 unspecified atom stereocenters. The highest BCUT2D eigenvalue weighted by atomic mass is 79.9. The Morgan fingerprint density at radius 3 is 2.68 bits per heavy atom. The quantitative estimate of drug-likeness (QED) is 0.885. The summed E-state index contributed by atoms with van der Waals surface area (Å²) in [7, 11) is 1.42. The van der Waals surface area contributed by atoms with Gasteiger partial charge in [0.25, 0.3) is 5.91 Å². The van der Waals surface area contributed by atoms with Gasteiger partial charge in [-0.15, -0.1) is 0 Å². The number of halogens is 2. The normalized spacial score (nSPS) is 11.8. The van der Waals surface area contributed by atoms with Crippen LogP contribution in [0.3, 0.4) is 0 Å². The molecule has 0 aliphatic heterocycles. The first-order valence-corrected chi connectivity index (χ1v) is 6.56. The highest BCUT2D eigenvalue weighted by Gasteiger charge is 2.22. The van der Waals surface area contributed by atoms with Crippen LogP contribution >= 0.6 is 27.5 Å². The number of carboxylic acid groups (broad SMARTS) is 1. The Morgan fingerprint density at radius 2 is 2.16 bits per heavy atom. The maximum Gasteiger partial charge on any atom is 0.326 e. The number of nitrogens with zero attached hydrogens (tertiary/aromatic N) is 1. The minimum atomic E-state index is -1.07. The Kier molecular flexibility index (Phi) is 5.62. The average Bonchev–Trinajstić information content (AvgIpc) is 2.35. The van der Waals surface area contributed by atoms with Crippen LogP contribution in [-0.4, -0.2) is 41.6 Å². The predicted molar refractivity (Wildman–Crippen MR) is 74.5 cm³/mol. The van der Waals surface area contributed by atoms with Gasteiger partial charge in [0.2, 0.25) is 0 Å². The van der Waals surface area contributed by atoms with Crippen molar-refractivity contribution in [2.75, 3.05) is 13.7 Å². The number of aliphatic carboxylic acids is 1. The van der Waals surface area contributed by atoms with Crippen LogP contribution < -0.4 is 4.74 Å². The van der Waals surface area contributed by atoms with E-state index in [1.165, 1.54) is 14.0 Å². The van der Waals surface area contributed by atoms with Crippen LogP contribution in [0.2, 0.25) is 5.02 Å². The number of carbonyl (C=O) groups excluding carboxylic acids is 1. The van der Waals surface area contributed by atoms with Crippen molar-refractivity contribution >= 4 is 39.4 Å². The Bertz CT molecular complexity index is 495. The number of hydrogen-bond acceptors (Lipinski definition) is 3. The molecule has 0 aliphatic rings. The van der Waals surface area contributed by atoms with Crippen molar-refractivity contribution in [2.24, 2.45) is 0 Å². The molecule has 7 heteroatoms. The summed E-state index contributed by atoms with van der Waals surface area (Å²) in [5, 5.41) is 9.35. The summed E-state index contributed by atoms with van der Waals surface area (Å²) >= 11 is 9.04. The van der Waals surface area contributed by atoms with Gasteiger partial charge >= 0.3 is 5.97 Å². The molecular formula is C12H13BrClNO4. The van der Waals surface area contributed by atoms with Crippen molar-refractivity contribution in [3.05, 3.63) is 27.7 Å². The lowest BCUT2D eigenvalue weighted by Gasteiger charge is -2.21. The number of ether oxygens (including phenoxy) is 1. The summed E-state index contributed by atoms with van der Waals surface area (Å²) in [4.78, 5) is 23.6. The van der Waals surface area contributed by atoms with Crippen LogP contribution in [0, 0.1) is 0 Å². The van der Waals surface area contributed by atoms with Gasteiger partial charge in [-0.25, -0.2) is 4.79 Å². The second-order valence-electron chi connectivity index (χ2n) is 3.88. The molecule has 0 aromatic heterocycles. The van der Waals surface area contributed by atoms with Gasteiger partial charge in [-0.05, 0) is 41.1 Å². The van der Waals surface area contributed by atoms with Gasteiger partial charge in [0, 0.05) is 12.1 Å². The van der Waals surface area contributed by atoms with E-state index in [9.17, 15) is 9.59 Å². The predicted octanol–water partition coefficient (Wildman–Crippen LogP) is 2.41. The van der Waals surface area contributed by atoms with E-state index in [-0.39, 0.29) is 6.61 Å². The van der Waals surface area contributed by atoms with E-state index in [2.05, 4.69) is 15.9 Å².